The van der Waals surface area contributed by atoms with Gasteiger partial charge < -0.3 is 25.9 Å². The van der Waals surface area contributed by atoms with Gasteiger partial charge in [-0.15, -0.1) is 0 Å². The largest absolute Gasteiger partial charge is 0.493 e. The Labute approximate surface area is 142 Å². The van der Waals surface area contributed by atoms with Gasteiger partial charge in [0.05, 0.1) is 16.7 Å². The van der Waals surface area contributed by atoms with Crippen LogP contribution in [-0.4, -0.2) is 41.7 Å². The molecule has 0 aliphatic carbocycles. The fourth-order valence-electron chi connectivity index (χ4n) is 2.62. The Hall–Kier alpha value is -2.65. The van der Waals surface area contributed by atoms with E-state index in [0.717, 1.165) is 21.4 Å². The summed E-state index contributed by atoms with van der Waals surface area (Å²) in [5.41, 5.74) is 8.37. The highest BCUT2D eigenvalue weighted by molar-refractivity contribution is 7.71. The quantitative estimate of drug-likeness (QED) is 0.427. The molecular weight excluding hydrogens is 330 g/mol. The van der Waals surface area contributed by atoms with Crippen molar-refractivity contribution in [3.63, 3.8) is 0 Å². The van der Waals surface area contributed by atoms with E-state index in [1.807, 2.05) is 24.3 Å². The lowest BCUT2D eigenvalue weighted by Gasteiger charge is -2.09. The summed E-state index contributed by atoms with van der Waals surface area (Å²) in [6.45, 7) is -0.403. The second-order valence-corrected chi connectivity index (χ2v) is 5.97. The van der Waals surface area contributed by atoms with E-state index in [9.17, 15) is 9.90 Å². The summed E-state index contributed by atoms with van der Waals surface area (Å²) in [5, 5.41) is 19.0. The lowest BCUT2D eigenvalue weighted by Crippen LogP contribution is -2.26. The van der Waals surface area contributed by atoms with E-state index < -0.39 is 12.5 Å². The molecule has 6 N–H and O–H groups in total. The zero-order chi connectivity index (χ0) is 17.3. The van der Waals surface area contributed by atoms with Gasteiger partial charge in [0, 0.05) is 18.9 Å². The number of fused-ring (bicyclic) bond motifs is 1. The number of imidazole rings is 2. The molecule has 8 nitrogen and oxygen atoms in total. The molecular formula is C15H17N5O3S. The Morgan fingerprint density at radius 3 is 2.79 bits per heavy atom. The third kappa shape index (κ3) is 3.31. The number of H-pyrrole nitrogens is 2. The zero-order valence-electron chi connectivity index (χ0n) is 12.7. The number of nitrogens with two attached hydrogens (primary N) is 1. The molecule has 0 aliphatic rings. The number of hydrogen-bond acceptors (Lipinski definition) is 5. The maximum atomic E-state index is 10.8. The maximum absolute atomic E-state index is 10.8. The number of rotatable bonds is 6. The highest BCUT2D eigenvalue weighted by atomic mass is 32.1. The number of carboxylic acid groups (broad SMARTS) is 1. The number of aromatic nitrogens is 4. The molecule has 2 heterocycles. The molecule has 1 unspecified atom stereocenters. The van der Waals surface area contributed by atoms with Gasteiger partial charge in [-0.05, 0) is 24.4 Å². The van der Waals surface area contributed by atoms with Crippen LogP contribution < -0.4 is 5.73 Å². The molecule has 3 rings (SSSR count). The average molecular weight is 347 g/mol. The highest BCUT2D eigenvalue weighted by Crippen LogP contribution is 2.19. The monoisotopic (exact) mass is 347 g/mol. The minimum atomic E-state index is -1.08. The summed E-state index contributed by atoms with van der Waals surface area (Å²) >= 11 is 5.03. The molecule has 3 aromatic rings. The molecule has 1 atom stereocenters. The van der Waals surface area contributed by atoms with Crippen molar-refractivity contribution in [2.75, 3.05) is 0 Å². The Morgan fingerprint density at radius 2 is 2.08 bits per heavy atom. The lowest BCUT2D eigenvalue weighted by molar-refractivity contribution is -0.137. The molecule has 24 heavy (non-hydrogen) atoms. The summed E-state index contributed by atoms with van der Waals surface area (Å²) in [5.74, 6) is -0.521. The van der Waals surface area contributed by atoms with Gasteiger partial charge in [0.15, 0.2) is 4.77 Å². The molecule has 0 spiro atoms. The topological polar surface area (TPSA) is 133 Å². The van der Waals surface area contributed by atoms with Crippen molar-refractivity contribution < 1.29 is 15.0 Å². The smallest absolute Gasteiger partial charge is 0.323 e. The Kier molecular flexibility index (Phi) is 4.36. The van der Waals surface area contributed by atoms with E-state index >= 15 is 0 Å². The number of para-hydroxylation sites is 2. The van der Waals surface area contributed by atoms with E-state index in [2.05, 4.69) is 15.0 Å². The first kappa shape index (κ1) is 16.2. The van der Waals surface area contributed by atoms with Crippen LogP contribution in [-0.2, 0) is 24.2 Å². The number of nitrogens with one attached hydrogen (secondary N) is 2. The van der Waals surface area contributed by atoms with Gasteiger partial charge in [0.25, 0.3) is 0 Å². The summed E-state index contributed by atoms with van der Waals surface area (Å²) in [7, 11) is 0. The van der Waals surface area contributed by atoms with Crippen molar-refractivity contribution in [1.82, 2.24) is 19.5 Å². The van der Waals surface area contributed by atoms with Gasteiger partial charge in [0.1, 0.15) is 12.4 Å². The SMILES string of the molecule is NC(Cc1nc2ccccc2[nH]1)Cc1[nH]c(=S)n(CC(=O)O)c1O. The minimum Gasteiger partial charge on any atom is -0.493 e. The Bertz CT molecular complexity index is 909. The van der Waals surface area contributed by atoms with E-state index in [0.29, 0.717) is 18.5 Å². The van der Waals surface area contributed by atoms with Crippen molar-refractivity contribution in [1.29, 1.82) is 0 Å². The van der Waals surface area contributed by atoms with Gasteiger partial charge >= 0.3 is 5.97 Å². The van der Waals surface area contributed by atoms with Crippen molar-refractivity contribution in [2.45, 2.75) is 25.4 Å². The summed E-state index contributed by atoms with van der Waals surface area (Å²) in [4.78, 5) is 21.3. The molecule has 9 heteroatoms. The van der Waals surface area contributed by atoms with E-state index in [-0.39, 0.29) is 16.7 Å². The van der Waals surface area contributed by atoms with Gasteiger partial charge in [-0.3, -0.25) is 9.36 Å². The van der Waals surface area contributed by atoms with Crippen LogP contribution >= 0.6 is 12.2 Å². The fraction of sp³-hybridized carbons (Fsp3) is 0.267. The number of benzene rings is 1. The highest BCUT2D eigenvalue weighted by Gasteiger charge is 2.17. The van der Waals surface area contributed by atoms with Gasteiger partial charge in [-0.2, -0.15) is 0 Å². The summed E-state index contributed by atoms with van der Waals surface area (Å²) < 4.78 is 1.28. The van der Waals surface area contributed by atoms with E-state index in [1.165, 1.54) is 0 Å². The van der Waals surface area contributed by atoms with Crippen LogP contribution in [0.2, 0.25) is 0 Å². The molecule has 0 bridgehead atoms. The number of carboxylic acids is 1. The molecule has 126 valence electrons. The molecule has 0 saturated heterocycles. The summed E-state index contributed by atoms with van der Waals surface area (Å²) in [6, 6.07) is 7.37. The molecule has 2 aromatic heterocycles. The lowest BCUT2D eigenvalue weighted by atomic mass is 10.1. The van der Waals surface area contributed by atoms with E-state index in [1.54, 1.807) is 0 Å². The van der Waals surface area contributed by atoms with Gasteiger partial charge in [-0.25, -0.2) is 4.98 Å². The average Bonchev–Trinajstić information content (AvgIpc) is 3.02. The van der Waals surface area contributed by atoms with Crippen molar-refractivity contribution in [3.05, 3.63) is 40.6 Å². The van der Waals surface area contributed by atoms with Crippen LogP contribution in [0.4, 0.5) is 0 Å². The minimum absolute atomic E-state index is 0.154. The molecule has 0 amide bonds. The summed E-state index contributed by atoms with van der Waals surface area (Å²) in [6.07, 6.45) is 0.804. The Balaban J connectivity index is 1.74. The normalized spacial score (nSPS) is 12.5. The van der Waals surface area contributed by atoms with Crippen molar-refractivity contribution in [3.8, 4) is 5.88 Å². The van der Waals surface area contributed by atoms with E-state index in [4.69, 9.17) is 23.1 Å². The third-order valence-corrected chi connectivity index (χ3v) is 4.00. The zero-order valence-corrected chi connectivity index (χ0v) is 13.5. The van der Waals surface area contributed by atoms with Crippen molar-refractivity contribution >= 4 is 29.2 Å². The number of carbonyl (C=O) groups is 1. The van der Waals surface area contributed by atoms with Crippen LogP contribution in [0.25, 0.3) is 11.0 Å². The second kappa shape index (κ2) is 6.46. The maximum Gasteiger partial charge on any atom is 0.323 e. The van der Waals surface area contributed by atoms with Crippen LogP contribution in [0, 0.1) is 4.77 Å². The molecule has 0 aliphatic heterocycles. The second-order valence-electron chi connectivity index (χ2n) is 5.58. The van der Waals surface area contributed by atoms with Crippen LogP contribution in [0.5, 0.6) is 5.88 Å². The standard InChI is InChI=1S/C15H17N5O3S/c16-8(6-12-17-9-3-1-2-4-10(9)18-12)5-11-14(23)20(7-13(21)22)15(24)19-11/h1-4,8,23H,5-7,16H2,(H,17,18)(H,19,24)(H,21,22). The molecule has 1 aromatic carbocycles. The number of nitrogens with zero attached hydrogens (tertiary/aromatic N) is 2. The van der Waals surface area contributed by atoms with Crippen LogP contribution in [0.3, 0.4) is 0 Å². The molecule has 0 radical (unpaired) electrons. The van der Waals surface area contributed by atoms with Crippen LogP contribution in [0.15, 0.2) is 24.3 Å². The number of aromatic hydroxyl groups is 1. The van der Waals surface area contributed by atoms with Gasteiger partial charge in [-0.1, -0.05) is 12.1 Å². The van der Waals surface area contributed by atoms with Crippen molar-refractivity contribution in [2.24, 2.45) is 5.73 Å². The first-order chi connectivity index (χ1) is 11.4. The number of aromatic amines is 2. The predicted molar refractivity (Wildman–Crippen MR) is 90.4 cm³/mol. The fourth-order valence-corrected chi connectivity index (χ4v) is 2.90. The Morgan fingerprint density at radius 1 is 1.33 bits per heavy atom. The third-order valence-electron chi connectivity index (χ3n) is 3.68. The molecule has 0 fully saturated rings. The molecule has 0 saturated carbocycles. The first-order valence-electron chi connectivity index (χ1n) is 7.35. The van der Waals surface area contributed by atoms with Gasteiger partial charge in [0.2, 0.25) is 5.88 Å². The number of hydrogen-bond donors (Lipinski definition) is 5. The first-order valence-corrected chi connectivity index (χ1v) is 7.76. The van der Waals surface area contributed by atoms with Crippen LogP contribution in [0.1, 0.15) is 11.5 Å². The predicted octanol–water partition coefficient (Wildman–Crippen LogP) is 1.32. The number of aliphatic carboxylic acids is 1.